The Morgan fingerprint density at radius 3 is 2.55 bits per heavy atom. The minimum absolute atomic E-state index is 0.374. The van der Waals surface area contributed by atoms with Crippen LogP contribution in [0.2, 0.25) is 10.0 Å². The second-order valence-corrected chi connectivity index (χ2v) is 5.70. The van der Waals surface area contributed by atoms with E-state index in [1.807, 2.05) is 22.8 Å². The van der Waals surface area contributed by atoms with Gasteiger partial charge in [-0.15, -0.1) is 0 Å². The van der Waals surface area contributed by atoms with Gasteiger partial charge in [-0.1, -0.05) is 23.2 Å². The van der Waals surface area contributed by atoms with Gasteiger partial charge in [-0.25, -0.2) is 4.98 Å². The van der Waals surface area contributed by atoms with Gasteiger partial charge in [0.1, 0.15) is 0 Å². The van der Waals surface area contributed by atoms with Crippen LogP contribution in [0, 0.1) is 0 Å². The Morgan fingerprint density at radius 2 is 1.86 bits per heavy atom. The molecule has 4 nitrogen and oxygen atoms in total. The molecular weight excluding hydrogens is 319 g/mol. The number of nitrogens with zero attached hydrogens (tertiary/aromatic N) is 3. The molecule has 0 aliphatic rings. The molecule has 0 fully saturated rings. The lowest BCUT2D eigenvalue weighted by Crippen LogP contribution is -2.08. The van der Waals surface area contributed by atoms with Crippen molar-refractivity contribution in [2.45, 2.75) is 13.1 Å². The van der Waals surface area contributed by atoms with Crippen LogP contribution in [0.3, 0.4) is 0 Å². The molecule has 2 aromatic heterocycles. The number of hydrogen-bond donors (Lipinski definition) is 1. The number of halogens is 2. The van der Waals surface area contributed by atoms with E-state index in [0.717, 1.165) is 22.5 Å². The number of rotatable bonds is 4. The van der Waals surface area contributed by atoms with Crippen molar-refractivity contribution >= 4 is 23.2 Å². The fraction of sp³-hybridized carbons (Fsp3) is 0.125. The molecule has 112 valence electrons. The van der Waals surface area contributed by atoms with E-state index >= 15 is 0 Å². The van der Waals surface area contributed by atoms with Gasteiger partial charge >= 0.3 is 0 Å². The highest BCUT2D eigenvalue weighted by Crippen LogP contribution is 2.31. The summed E-state index contributed by atoms with van der Waals surface area (Å²) < 4.78 is 2.02. The monoisotopic (exact) mass is 332 g/mol. The summed E-state index contributed by atoms with van der Waals surface area (Å²) in [7, 11) is 0. The third kappa shape index (κ3) is 2.99. The predicted octanol–water partition coefficient (Wildman–Crippen LogP) is 3.76. The second kappa shape index (κ2) is 6.48. The second-order valence-electron chi connectivity index (χ2n) is 4.85. The van der Waals surface area contributed by atoms with Crippen molar-refractivity contribution in [2.24, 2.45) is 5.73 Å². The molecular formula is C16H14Cl2N4. The van der Waals surface area contributed by atoms with E-state index in [1.54, 1.807) is 30.9 Å². The highest BCUT2D eigenvalue weighted by atomic mass is 35.5. The first kappa shape index (κ1) is 15.0. The zero-order chi connectivity index (χ0) is 15.5. The molecule has 0 saturated carbocycles. The molecule has 0 amide bonds. The van der Waals surface area contributed by atoms with Gasteiger partial charge in [0.25, 0.3) is 0 Å². The number of pyridine rings is 1. The van der Waals surface area contributed by atoms with Crippen LogP contribution in [0.1, 0.15) is 11.3 Å². The molecule has 3 rings (SSSR count). The summed E-state index contributed by atoms with van der Waals surface area (Å²) in [6.45, 7) is 1.06. The molecule has 0 bridgehead atoms. The first-order valence-corrected chi connectivity index (χ1v) is 7.53. The molecule has 2 N–H and O–H groups in total. The molecule has 3 aromatic rings. The average Bonchev–Trinajstić information content (AvgIpc) is 2.91. The topological polar surface area (TPSA) is 56.7 Å². The van der Waals surface area contributed by atoms with E-state index < -0.39 is 0 Å². The van der Waals surface area contributed by atoms with E-state index in [4.69, 9.17) is 28.9 Å². The quantitative estimate of drug-likeness (QED) is 0.791. The molecule has 6 heteroatoms. The first-order chi connectivity index (χ1) is 10.7. The minimum Gasteiger partial charge on any atom is -0.328 e. The molecule has 0 aliphatic carbocycles. The third-order valence-electron chi connectivity index (χ3n) is 3.43. The summed E-state index contributed by atoms with van der Waals surface area (Å²) >= 11 is 12.2. The predicted molar refractivity (Wildman–Crippen MR) is 88.9 cm³/mol. The van der Waals surface area contributed by atoms with E-state index in [-0.39, 0.29) is 0 Å². The van der Waals surface area contributed by atoms with Crippen LogP contribution in [0.25, 0.3) is 11.3 Å². The van der Waals surface area contributed by atoms with Crippen LogP contribution < -0.4 is 5.73 Å². The lowest BCUT2D eigenvalue weighted by atomic mass is 10.1. The van der Waals surface area contributed by atoms with Gasteiger partial charge in [-0.3, -0.25) is 4.98 Å². The summed E-state index contributed by atoms with van der Waals surface area (Å²) in [6.07, 6.45) is 5.32. The van der Waals surface area contributed by atoms with Gasteiger partial charge in [0, 0.05) is 36.1 Å². The lowest BCUT2D eigenvalue weighted by Gasteiger charge is -2.09. The summed E-state index contributed by atoms with van der Waals surface area (Å²) in [6, 6.07) is 9.30. The number of nitrogens with two attached hydrogens (primary N) is 1. The number of imidazole rings is 1. The molecule has 22 heavy (non-hydrogen) atoms. The molecule has 0 radical (unpaired) electrons. The van der Waals surface area contributed by atoms with Crippen LogP contribution in [0.4, 0.5) is 0 Å². The average molecular weight is 333 g/mol. The molecule has 0 spiro atoms. The fourth-order valence-corrected chi connectivity index (χ4v) is 2.85. The molecule has 0 atom stereocenters. The Bertz CT molecular complexity index is 784. The maximum Gasteiger partial charge on any atom is 0.0959 e. The smallest absolute Gasteiger partial charge is 0.0959 e. The highest BCUT2D eigenvalue weighted by Gasteiger charge is 2.14. The number of benzene rings is 1. The lowest BCUT2D eigenvalue weighted by molar-refractivity contribution is 0.740. The summed E-state index contributed by atoms with van der Waals surface area (Å²) in [5, 5.41) is 1.16. The van der Waals surface area contributed by atoms with Crippen molar-refractivity contribution in [3.8, 4) is 11.3 Å². The normalized spacial score (nSPS) is 10.9. The standard InChI is InChI=1S/C16H14Cl2N4/c17-12-1-2-13(14(18)7-12)16-15(8-19)22(10-21-16)9-11-3-5-20-6-4-11/h1-7,10H,8-9,19H2. The van der Waals surface area contributed by atoms with Gasteiger partial charge in [-0.05, 0) is 35.9 Å². The first-order valence-electron chi connectivity index (χ1n) is 6.77. The van der Waals surface area contributed by atoms with Crippen molar-refractivity contribution in [1.29, 1.82) is 0 Å². The van der Waals surface area contributed by atoms with Gasteiger partial charge in [0.2, 0.25) is 0 Å². The summed E-state index contributed by atoms with van der Waals surface area (Å²) in [4.78, 5) is 8.51. The van der Waals surface area contributed by atoms with E-state index in [9.17, 15) is 0 Å². The molecule has 1 aromatic carbocycles. The Labute approximate surface area is 138 Å². The Hall–Kier alpha value is -1.88. The van der Waals surface area contributed by atoms with Gasteiger partial charge in [-0.2, -0.15) is 0 Å². The van der Waals surface area contributed by atoms with E-state index in [2.05, 4.69) is 9.97 Å². The van der Waals surface area contributed by atoms with Crippen LogP contribution in [-0.4, -0.2) is 14.5 Å². The van der Waals surface area contributed by atoms with E-state index in [1.165, 1.54) is 0 Å². The molecule has 0 aliphatic heterocycles. The van der Waals surface area contributed by atoms with Crippen molar-refractivity contribution in [2.75, 3.05) is 0 Å². The van der Waals surface area contributed by atoms with Crippen LogP contribution in [0.5, 0.6) is 0 Å². The summed E-state index contributed by atoms with van der Waals surface area (Å²) in [5.41, 5.74) is 9.61. The largest absolute Gasteiger partial charge is 0.328 e. The molecule has 0 saturated heterocycles. The highest BCUT2D eigenvalue weighted by molar-refractivity contribution is 6.36. The number of hydrogen-bond acceptors (Lipinski definition) is 3. The molecule has 0 unspecified atom stereocenters. The number of aromatic nitrogens is 3. The van der Waals surface area contributed by atoms with Crippen molar-refractivity contribution in [3.05, 3.63) is 70.4 Å². The maximum absolute atomic E-state index is 6.28. The SMILES string of the molecule is NCc1c(-c2ccc(Cl)cc2Cl)ncn1Cc1ccncc1. The zero-order valence-corrected chi connectivity index (χ0v) is 13.2. The Kier molecular flexibility index (Phi) is 4.43. The van der Waals surface area contributed by atoms with Crippen molar-refractivity contribution < 1.29 is 0 Å². The Balaban J connectivity index is 2.00. The Morgan fingerprint density at radius 1 is 1.09 bits per heavy atom. The fourth-order valence-electron chi connectivity index (χ4n) is 2.35. The van der Waals surface area contributed by atoms with Crippen LogP contribution >= 0.6 is 23.2 Å². The maximum atomic E-state index is 6.28. The van der Waals surface area contributed by atoms with E-state index in [0.29, 0.717) is 23.1 Å². The van der Waals surface area contributed by atoms with Gasteiger partial charge in [0.05, 0.1) is 22.7 Å². The molecule has 2 heterocycles. The minimum atomic E-state index is 0.374. The third-order valence-corrected chi connectivity index (χ3v) is 3.98. The van der Waals surface area contributed by atoms with Gasteiger partial charge in [0.15, 0.2) is 0 Å². The van der Waals surface area contributed by atoms with Crippen molar-refractivity contribution in [3.63, 3.8) is 0 Å². The van der Waals surface area contributed by atoms with Crippen LogP contribution in [-0.2, 0) is 13.1 Å². The zero-order valence-electron chi connectivity index (χ0n) is 11.7. The van der Waals surface area contributed by atoms with Gasteiger partial charge < -0.3 is 10.3 Å². The summed E-state index contributed by atoms with van der Waals surface area (Å²) in [5.74, 6) is 0. The van der Waals surface area contributed by atoms with Crippen LogP contribution in [0.15, 0.2) is 49.1 Å². The van der Waals surface area contributed by atoms with Crippen molar-refractivity contribution in [1.82, 2.24) is 14.5 Å².